The number of aromatic nitrogens is 2. The summed E-state index contributed by atoms with van der Waals surface area (Å²) >= 11 is 0. The fourth-order valence-electron chi connectivity index (χ4n) is 5.31. The Morgan fingerprint density at radius 2 is 1.65 bits per heavy atom. The minimum atomic E-state index is -1.47. The van der Waals surface area contributed by atoms with Gasteiger partial charge in [0.15, 0.2) is 12.8 Å². The first-order valence-corrected chi connectivity index (χ1v) is 16.7. The number of H-pyrrole nitrogens is 1. The predicted octanol–water partition coefficient (Wildman–Crippen LogP) is 2.13. The van der Waals surface area contributed by atoms with Crippen molar-refractivity contribution in [1.29, 1.82) is 0 Å². The molecule has 0 bridgehead atoms. The van der Waals surface area contributed by atoms with Gasteiger partial charge < -0.3 is 29.2 Å². The highest BCUT2D eigenvalue weighted by atomic mass is 31.2. The Morgan fingerprint density at radius 1 is 1.02 bits per heavy atom. The number of ether oxygens (including phenoxy) is 4. The van der Waals surface area contributed by atoms with E-state index in [9.17, 15) is 29.4 Å². The second kappa shape index (κ2) is 12.3. The van der Waals surface area contributed by atoms with E-state index in [1.54, 1.807) is 0 Å². The van der Waals surface area contributed by atoms with Gasteiger partial charge in [0, 0.05) is 5.92 Å². The molecule has 1 aliphatic carbocycles. The van der Waals surface area contributed by atoms with Crippen molar-refractivity contribution < 1.29 is 38.7 Å². The lowest BCUT2D eigenvalue weighted by molar-refractivity contribution is -0.142. The Bertz CT molecular complexity index is 1650. The zero-order valence-electron chi connectivity index (χ0n) is 23.7. The molecule has 3 N–H and O–H groups in total. The summed E-state index contributed by atoms with van der Waals surface area (Å²) in [6, 6.07) is 15.5. The van der Waals surface area contributed by atoms with Crippen LogP contribution in [0.5, 0.6) is 5.75 Å². The van der Waals surface area contributed by atoms with Crippen LogP contribution in [-0.4, -0.2) is 89.2 Å². The van der Waals surface area contributed by atoms with E-state index in [1.807, 2.05) is 66.8 Å². The van der Waals surface area contributed by atoms with E-state index < -0.39 is 67.2 Å². The van der Waals surface area contributed by atoms with Crippen LogP contribution in [0.25, 0.3) is 11.1 Å². The van der Waals surface area contributed by atoms with Crippen molar-refractivity contribution in [3.8, 4) is 16.9 Å². The van der Waals surface area contributed by atoms with Gasteiger partial charge in [-0.1, -0.05) is 48.5 Å². The van der Waals surface area contributed by atoms with Gasteiger partial charge in [0.1, 0.15) is 18.8 Å². The number of nitrogens with one attached hydrogen (secondary N) is 1. The number of carbonyl (C=O) groups is 2. The Hall–Kier alpha value is -3.96. The van der Waals surface area contributed by atoms with Gasteiger partial charge >= 0.3 is 17.8 Å². The van der Waals surface area contributed by atoms with E-state index >= 15 is 0 Å². The lowest BCUT2D eigenvalue weighted by Gasteiger charge is -2.19. The first-order valence-electron chi connectivity index (χ1n) is 13.7. The summed E-state index contributed by atoms with van der Waals surface area (Å²) in [5.74, 6) is -1.84. The number of nitrogens with zero attached hydrogens (tertiary/aromatic N) is 1. The van der Waals surface area contributed by atoms with Crippen LogP contribution < -0.4 is 16.0 Å². The monoisotopic (exact) mass is 612 g/mol. The van der Waals surface area contributed by atoms with Crippen LogP contribution in [0.2, 0.25) is 0 Å². The van der Waals surface area contributed by atoms with Gasteiger partial charge in [-0.15, -0.1) is 13.2 Å². The lowest BCUT2D eigenvalue weighted by atomic mass is 9.98. The maximum absolute atomic E-state index is 12.5. The van der Waals surface area contributed by atoms with Gasteiger partial charge in [0.2, 0.25) is 5.75 Å². The number of rotatable bonds is 9. The number of hydrogen-bond acceptors (Lipinski definition) is 10. The molecule has 13 heteroatoms. The summed E-state index contributed by atoms with van der Waals surface area (Å²) in [6.45, 7) is 1.71. The number of aliphatic hydroxyl groups excluding tert-OH is 2. The molecule has 12 nitrogen and oxygen atoms in total. The molecule has 2 aliphatic rings. The molecule has 0 amide bonds. The predicted molar refractivity (Wildman–Crippen MR) is 159 cm³/mol. The highest BCUT2D eigenvalue weighted by Gasteiger charge is 2.44. The second-order valence-corrected chi connectivity index (χ2v) is 15.5. The molecule has 2 aromatic carbocycles. The molecule has 1 aromatic heterocycles. The first kappa shape index (κ1) is 30.5. The molecule has 1 saturated heterocycles. The summed E-state index contributed by atoms with van der Waals surface area (Å²) in [4.78, 5) is 51.4. The normalized spacial score (nSPS) is 21.2. The highest BCUT2D eigenvalue weighted by Crippen LogP contribution is 2.44. The number of aromatic amines is 1. The standard InChI is InChI=1S/C30H33N2O10P/c1-43(2,3)13-12-22-25(34)26(35)28(41-22)32-14-23(27(36)31-29(32)37)39-16-24(33)42-30(38)40-15-21-19-10-6-4-8-17(19)18-9-5-7-11-20(18)21/h4-11,14,21-22,25-26,28,34-35H,1,12-13,15-16H2,2-3H3,(H,31,36,37)/t22-,25-,26-,28?/m1/s1. The molecule has 5 rings (SSSR count). The number of benzene rings is 2. The van der Waals surface area contributed by atoms with Crippen LogP contribution in [0.1, 0.15) is 29.7 Å². The Labute approximate surface area is 246 Å². The molecule has 1 aliphatic heterocycles. The van der Waals surface area contributed by atoms with Crippen LogP contribution >= 0.6 is 6.89 Å². The van der Waals surface area contributed by atoms with E-state index in [1.165, 1.54) is 0 Å². The highest BCUT2D eigenvalue weighted by molar-refractivity contribution is 7.72. The summed E-state index contributed by atoms with van der Waals surface area (Å²) in [5.41, 5.74) is 2.19. The third kappa shape index (κ3) is 6.67. The SMILES string of the molecule is C=P(C)(C)CC[C@H]1OC(n2cc(OCC(=O)OC(=O)OCC3c4ccccc4-c4ccccc43)c(=O)[nH]c2=O)[C@H](O)[C@@H]1O. The molecular formula is C30H33N2O10P. The largest absolute Gasteiger partial charge is 0.516 e. The van der Waals surface area contributed by atoms with Gasteiger partial charge in [-0.2, -0.15) is 0 Å². The topological polar surface area (TPSA) is 166 Å². The zero-order chi connectivity index (χ0) is 30.9. The lowest BCUT2D eigenvalue weighted by Crippen LogP contribution is -2.38. The van der Waals surface area contributed by atoms with E-state index in [-0.39, 0.29) is 12.5 Å². The number of aliphatic hydroxyl groups is 2. The van der Waals surface area contributed by atoms with Gasteiger partial charge in [-0.3, -0.25) is 14.3 Å². The molecule has 3 aromatic rings. The molecule has 228 valence electrons. The van der Waals surface area contributed by atoms with Crippen molar-refractivity contribution in [2.45, 2.75) is 36.9 Å². The molecular weight excluding hydrogens is 579 g/mol. The first-order chi connectivity index (χ1) is 20.4. The Balaban J connectivity index is 1.18. The van der Waals surface area contributed by atoms with Crippen LogP contribution in [0.15, 0.2) is 64.3 Å². The number of hydrogen-bond donors (Lipinski definition) is 3. The number of fused-ring (bicyclic) bond motifs is 3. The molecule has 2 heterocycles. The smallest absolute Gasteiger partial charge is 0.475 e. The molecule has 1 fully saturated rings. The van der Waals surface area contributed by atoms with Gasteiger partial charge in [-0.05, 0) is 48.2 Å². The third-order valence-electron chi connectivity index (χ3n) is 7.44. The number of esters is 1. The van der Waals surface area contributed by atoms with E-state index in [0.717, 1.165) is 33.0 Å². The third-order valence-corrected chi connectivity index (χ3v) is 8.91. The van der Waals surface area contributed by atoms with Crippen molar-refractivity contribution in [3.63, 3.8) is 0 Å². The minimum Gasteiger partial charge on any atom is -0.475 e. The average molecular weight is 613 g/mol. The molecule has 0 spiro atoms. The fourth-order valence-corrected chi connectivity index (χ4v) is 6.27. The molecule has 4 atom stereocenters. The quantitative estimate of drug-likeness (QED) is 0.185. The summed E-state index contributed by atoms with van der Waals surface area (Å²) in [6.07, 6.45) is 0.151. The van der Waals surface area contributed by atoms with Gasteiger partial charge in [-0.25, -0.2) is 14.4 Å². The maximum Gasteiger partial charge on any atom is 0.516 e. The van der Waals surface area contributed by atoms with Crippen LogP contribution in [-0.2, 0) is 19.0 Å². The van der Waals surface area contributed by atoms with Gasteiger partial charge in [0.25, 0.3) is 5.56 Å². The molecule has 43 heavy (non-hydrogen) atoms. The molecule has 1 unspecified atom stereocenters. The van der Waals surface area contributed by atoms with E-state index in [0.29, 0.717) is 12.6 Å². The van der Waals surface area contributed by atoms with Gasteiger partial charge in [0.05, 0.1) is 12.3 Å². The fraction of sp³-hybridized carbons (Fsp3) is 0.367. The van der Waals surface area contributed by atoms with Crippen molar-refractivity contribution in [2.24, 2.45) is 0 Å². The van der Waals surface area contributed by atoms with Crippen molar-refractivity contribution in [2.75, 3.05) is 32.7 Å². The van der Waals surface area contributed by atoms with E-state index in [4.69, 9.17) is 18.9 Å². The molecule has 0 radical (unpaired) electrons. The van der Waals surface area contributed by atoms with Crippen molar-refractivity contribution in [1.82, 2.24) is 9.55 Å². The van der Waals surface area contributed by atoms with Crippen LogP contribution in [0.3, 0.4) is 0 Å². The Morgan fingerprint density at radius 3 is 2.28 bits per heavy atom. The summed E-state index contributed by atoms with van der Waals surface area (Å²) in [7, 11) is 0. The maximum atomic E-state index is 12.5. The summed E-state index contributed by atoms with van der Waals surface area (Å²) in [5, 5.41) is 21.0. The minimum absolute atomic E-state index is 0.0593. The van der Waals surface area contributed by atoms with E-state index in [2.05, 4.69) is 6.30 Å². The van der Waals surface area contributed by atoms with Crippen LogP contribution in [0, 0.1) is 0 Å². The number of carbonyl (C=O) groups excluding carboxylic acids is 2. The summed E-state index contributed by atoms with van der Waals surface area (Å²) < 4.78 is 21.8. The zero-order valence-corrected chi connectivity index (χ0v) is 24.6. The van der Waals surface area contributed by atoms with Crippen molar-refractivity contribution >= 4 is 25.3 Å². The Kier molecular flexibility index (Phi) is 8.75. The second-order valence-electron chi connectivity index (χ2n) is 11.2. The van der Waals surface area contributed by atoms with Crippen molar-refractivity contribution in [3.05, 3.63) is 86.7 Å². The molecule has 0 saturated carbocycles. The average Bonchev–Trinajstić information content (AvgIpc) is 3.43. The van der Waals surface area contributed by atoms with Crippen LogP contribution in [0.4, 0.5) is 4.79 Å².